The number of hydrogen-bond donors (Lipinski definition) is 2. The minimum atomic E-state index is -4.31. The number of ether oxygens (including phenoxy) is 3. The highest BCUT2D eigenvalue weighted by molar-refractivity contribution is 7.76. The largest absolute Gasteiger partial charge is 0.465 e. The van der Waals surface area contributed by atoms with Crippen LogP contribution in [0.5, 0.6) is 5.75 Å². The van der Waals surface area contributed by atoms with Gasteiger partial charge in [-0.25, -0.2) is 15.0 Å². The quantitative estimate of drug-likeness (QED) is 0.321. The van der Waals surface area contributed by atoms with Crippen molar-refractivity contribution in [2.75, 3.05) is 13.2 Å². The third-order valence-electron chi connectivity index (χ3n) is 4.80. The summed E-state index contributed by atoms with van der Waals surface area (Å²) in [7, 11) is -4.31. The van der Waals surface area contributed by atoms with Gasteiger partial charge in [0.2, 0.25) is 0 Å². The van der Waals surface area contributed by atoms with Crippen LogP contribution in [0.25, 0.3) is 0 Å². The molecule has 0 aliphatic carbocycles. The lowest BCUT2D eigenvalue weighted by Crippen LogP contribution is -2.44. The molecule has 0 aromatic heterocycles. The van der Waals surface area contributed by atoms with E-state index in [9.17, 15) is 18.9 Å². The van der Waals surface area contributed by atoms with Gasteiger partial charge in [-0.05, 0) is 50.7 Å². The molecule has 0 saturated heterocycles. The van der Waals surface area contributed by atoms with Gasteiger partial charge < -0.3 is 14.2 Å². The van der Waals surface area contributed by atoms with Crippen LogP contribution in [-0.4, -0.2) is 42.9 Å². The SMILES string of the molecule is CCOC(=O)[C@H](C)NP(=O)(N[C@@H](C)C(=O)OCC)C(=O)Oc1c(C(C)C)cccc1C(C)C. The lowest BCUT2D eigenvalue weighted by Gasteiger charge is -2.26. The summed E-state index contributed by atoms with van der Waals surface area (Å²) in [5.74, 6) is -1.00. The van der Waals surface area contributed by atoms with Crippen LogP contribution in [0.4, 0.5) is 4.79 Å². The van der Waals surface area contributed by atoms with E-state index >= 15 is 0 Å². The number of carbonyl (C=O) groups is 3. The molecule has 0 radical (unpaired) electrons. The molecule has 1 rings (SSSR count). The molecule has 0 amide bonds. The molecule has 1 aromatic carbocycles. The monoisotopic (exact) mass is 484 g/mol. The molecule has 1 aromatic rings. The molecule has 0 aliphatic rings. The van der Waals surface area contributed by atoms with Gasteiger partial charge in [0, 0.05) is 0 Å². The number of benzene rings is 1. The lowest BCUT2D eigenvalue weighted by atomic mass is 9.94. The van der Waals surface area contributed by atoms with Gasteiger partial charge in [0.05, 0.1) is 13.2 Å². The maximum atomic E-state index is 13.8. The third-order valence-corrected chi connectivity index (χ3v) is 6.90. The van der Waals surface area contributed by atoms with E-state index in [-0.39, 0.29) is 25.0 Å². The number of hydrogen-bond acceptors (Lipinski definition) is 7. The normalized spacial score (nSPS) is 13.5. The predicted octanol–water partition coefficient (Wildman–Crippen LogP) is 4.71. The predicted molar refractivity (Wildman–Crippen MR) is 127 cm³/mol. The number of para-hydroxylation sites is 1. The number of rotatable bonds is 12. The summed E-state index contributed by atoms with van der Waals surface area (Å²) >= 11 is 0. The second-order valence-corrected chi connectivity index (χ2v) is 10.4. The third kappa shape index (κ3) is 7.95. The molecule has 2 N–H and O–H groups in total. The first kappa shape index (κ1) is 28.8. The summed E-state index contributed by atoms with van der Waals surface area (Å²) in [5, 5.41) is 5.02. The van der Waals surface area contributed by atoms with Crippen molar-refractivity contribution in [2.24, 2.45) is 0 Å². The molecule has 0 spiro atoms. The highest BCUT2D eigenvalue weighted by Gasteiger charge is 2.41. The van der Waals surface area contributed by atoms with E-state index in [4.69, 9.17) is 14.2 Å². The number of nitrogens with one attached hydrogen (secondary N) is 2. The Balaban J connectivity index is 3.39. The molecule has 33 heavy (non-hydrogen) atoms. The Morgan fingerprint density at radius 3 is 1.55 bits per heavy atom. The summed E-state index contributed by atoms with van der Waals surface area (Å²) in [6.07, 6.45) is 0. The number of esters is 2. The average Bonchev–Trinajstić information content (AvgIpc) is 2.73. The van der Waals surface area contributed by atoms with Crippen molar-refractivity contribution in [3.63, 3.8) is 0 Å². The molecule has 2 atom stereocenters. The molecule has 0 aliphatic heterocycles. The highest BCUT2D eigenvalue weighted by Crippen LogP contribution is 2.43. The first-order valence-corrected chi connectivity index (χ1v) is 12.9. The van der Waals surface area contributed by atoms with E-state index in [0.717, 1.165) is 11.1 Å². The maximum Gasteiger partial charge on any atom is 0.400 e. The van der Waals surface area contributed by atoms with E-state index in [0.29, 0.717) is 5.75 Å². The Kier molecular flexibility index (Phi) is 11.2. The van der Waals surface area contributed by atoms with Crippen LogP contribution in [0.3, 0.4) is 0 Å². The standard InChI is InChI=1S/C23H37N2O7P/c1-9-30-21(26)16(7)24-33(29,25-17(8)22(27)31-10-2)23(28)32-20-18(14(3)4)12-11-13-19(20)15(5)6/h11-17H,9-10H2,1-8H3,(H2,24,25,29)/t16-,17-/m0/s1. The molecular weight excluding hydrogens is 447 g/mol. The van der Waals surface area contributed by atoms with Crippen molar-refractivity contribution in [3.8, 4) is 5.75 Å². The Labute approximate surface area is 196 Å². The maximum absolute atomic E-state index is 13.8. The van der Waals surface area contributed by atoms with Crippen LogP contribution in [0.2, 0.25) is 0 Å². The second-order valence-electron chi connectivity index (χ2n) is 8.26. The fourth-order valence-electron chi connectivity index (χ4n) is 3.08. The fourth-order valence-corrected chi connectivity index (χ4v) is 4.89. The molecule has 0 bridgehead atoms. The van der Waals surface area contributed by atoms with Crippen molar-refractivity contribution in [1.82, 2.24) is 10.2 Å². The molecule has 10 heteroatoms. The topological polar surface area (TPSA) is 120 Å². The minimum Gasteiger partial charge on any atom is -0.465 e. The van der Waals surface area contributed by atoms with Crippen molar-refractivity contribution < 1.29 is 33.2 Å². The first-order chi connectivity index (χ1) is 15.4. The summed E-state index contributed by atoms with van der Waals surface area (Å²) in [6, 6.07) is 3.36. The summed E-state index contributed by atoms with van der Waals surface area (Å²) in [5.41, 5.74) is 0.431. The zero-order valence-corrected chi connectivity index (χ0v) is 21.7. The average molecular weight is 485 g/mol. The smallest absolute Gasteiger partial charge is 0.400 e. The van der Waals surface area contributed by atoms with Gasteiger partial charge in [-0.2, -0.15) is 0 Å². The van der Waals surface area contributed by atoms with Crippen molar-refractivity contribution in [3.05, 3.63) is 29.3 Å². The van der Waals surface area contributed by atoms with Crippen LogP contribution >= 0.6 is 7.44 Å². The lowest BCUT2D eigenvalue weighted by molar-refractivity contribution is -0.145. The zero-order valence-electron chi connectivity index (χ0n) is 20.8. The second kappa shape index (κ2) is 12.9. The fraction of sp³-hybridized carbons (Fsp3) is 0.609. The van der Waals surface area contributed by atoms with Crippen LogP contribution in [-0.2, 0) is 23.6 Å². The van der Waals surface area contributed by atoms with Gasteiger partial charge in [0.1, 0.15) is 17.8 Å². The van der Waals surface area contributed by atoms with Crippen molar-refractivity contribution in [1.29, 1.82) is 0 Å². The molecule has 0 unspecified atom stereocenters. The van der Waals surface area contributed by atoms with Gasteiger partial charge >= 0.3 is 25.1 Å². The van der Waals surface area contributed by atoms with E-state index in [1.54, 1.807) is 13.8 Å². The Morgan fingerprint density at radius 2 is 1.21 bits per heavy atom. The van der Waals surface area contributed by atoms with E-state index in [1.807, 2.05) is 45.9 Å². The minimum absolute atomic E-state index is 0.0312. The van der Waals surface area contributed by atoms with Crippen molar-refractivity contribution in [2.45, 2.75) is 79.3 Å². The Bertz CT molecular complexity index is 829. The van der Waals surface area contributed by atoms with Gasteiger partial charge in [0.15, 0.2) is 0 Å². The highest BCUT2D eigenvalue weighted by atomic mass is 31.2. The van der Waals surface area contributed by atoms with Crippen LogP contribution < -0.4 is 14.9 Å². The molecule has 0 saturated carbocycles. The van der Waals surface area contributed by atoms with Crippen molar-refractivity contribution >= 4 is 25.1 Å². The number of carbonyl (C=O) groups excluding carboxylic acids is 3. The molecular formula is C23H37N2O7P. The molecule has 186 valence electrons. The van der Waals surface area contributed by atoms with Gasteiger partial charge in [-0.15, -0.1) is 0 Å². The van der Waals surface area contributed by atoms with Crippen LogP contribution in [0, 0.1) is 0 Å². The summed E-state index contributed by atoms with van der Waals surface area (Å²) in [6.45, 7) is 14.2. The van der Waals surface area contributed by atoms with Gasteiger partial charge in [0.25, 0.3) is 0 Å². The van der Waals surface area contributed by atoms with Crippen LogP contribution in [0.1, 0.15) is 78.4 Å². The van der Waals surface area contributed by atoms with Gasteiger partial charge in [-0.3, -0.25) is 14.2 Å². The van der Waals surface area contributed by atoms with E-state index in [1.165, 1.54) is 13.8 Å². The Morgan fingerprint density at radius 1 is 0.818 bits per heavy atom. The molecule has 9 nitrogen and oxygen atoms in total. The summed E-state index contributed by atoms with van der Waals surface area (Å²) < 4.78 is 29.4. The summed E-state index contributed by atoms with van der Waals surface area (Å²) in [4.78, 5) is 37.6. The molecule has 0 heterocycles. The molecule has 0 fully saturated rings. The van der Waals surface area contributed by atoms with Crippen LogP contribution in [0.15, 0.2) is 18.2 Å². The first-order valence-electron chi connectivity index (χ1n) is 11.2. The zero-order chi connectivity index (χ0) is 25.3. The van der Waals surface area contributed by atoms with Gasteiger partial charge in [-0.1, -0.05) is 45.9 Å². The van der Waals surface area contributed by atoms with E-state index < -0.39 is 37.2 Å². The Hall–Kier alpha value is -2.22. The van der Waals surface area contributed by atoms with E-state index in [2.05, 4.69) is 10.2 Å².